The summed E-state index contributed by atoms with van der Waals surface area (Å²) < 4.78 is 2.84. The van der Waals surface area contributed by atoms with E-state index in [9.17, 15) is 19.2 Å². The van der Waals surface area contributed by atoms with Gasteiger partial charge in [-0.25, -0.2) is 4.79 Å². The molecule has 2 amide bonds. The number of carbonyl (C=O) groups excluding carboxylic acids is 2. The van der Waals surface area contributed by atoms with Crippen molar-refractivity contribution in [1.82, 2.24) is 19.4 Å². The van der Waals surface area contributed by atoms with Gasteiger partial charge in [-0.2, -0.15) is 0 Å². The van der Waals surface area contributed by atoms with Gasteiger partial charge in [0.15, 0.2) is 0 Å². The molecule has 0 spiro atoms. The smallest absolute Gasteiger partial charge is 0.331 e. The first-order valence-electron chi connectivity index (χ1n) is 14.8. The van der Waals surface area contributed by atoms with E-state index in [1.54, 1.807) is 24.3 Å². The van der Waals surface area contributed by atoms with Gasteiger partial charge < -0.3 is 10.2 Å². The first-order valence-corrected chi connectivity index (χ1v) is 14.8. The minimum atomic E-state index is -0.409. The lowest BCUT2D eigenvalue weighted by Gasteiger charge is -2.35. The number of carbonyl (C=O) groups is 2. The lowest BCUT2D eigenvalue weighted by molar-refractivity contribution is -0.135. The predicted molar refractivity (Wildman–Crippen MR) is 148 cm³/mol. The quantitative estimate of drug-likeness (QED) is 0.598. The van der Waals surface area contributed by atoms with Crippen LogP contribution in [0, 0.1) is 11.8 Å². The van der Waals surface area contributed by atoms with Gasteiger partial charge in [-0.15, -0.1) is 0 Å². The second-order valence-electron chi connectivity index (χ2n) is 11.7. The summed E-state index contributed by atoms with van der Waals surface area (Å²) in [5.41, 5.74) is -0.183. The highest BCUT2D eigenvalue weighted by molar-refractivity contribution is 5.82. The van der Waals surface area contributed by atoms with Crippen LogP contribution >= 0.6 is 0 Å². The summed E-state index contributed by atoms with van der Waals surface area (Å²) in [5.74, 6) is 0.295. The fraction of sp³-hybridized carbons (Fsp3) is 0.667. The van der Waals surface area contributed by atoms with Gasteiger partial charge in [0.1, 0.15) is 6.54 Å². The van der Waals surface area contributed by atoms with Crippen LogP contribution in [0.3, 0.4) is 0 Å². The molecule has 38 heavy (non-hydrogen) atoms. The highest BCUT2D eigenvalue weighted by Crippen LogP contribution is 2.30. The predicted octanol–water partition coefficient (Wildman–Crippen LogP) is 3.82. The molecule has 1 aromatic heterocycles. The summed E-state index contributed by atoms with van der Waals surface area (Å²) in [6.07, 6.45) is 11.8. The fourth-order valence-corrected chi connectivity index (χ4v) is 6.92. The van der Waals surface area contributed by atoms with Crippen LogP contribution in [0.25, 0.3) is 10.9 Å². The number of fused-ring (bicyclic) bond motifs is 1. The van der Waals surface area contributed by atoms with E-state index in [-0.39, 0.29) is 41.8 Å². The largest absolute Gasteiger partial charge is 0.353 e. The van der Waals surface area contributed by atoms with Gasteiger partial charge in [0.25, 0.3) is 5.56 Å². The van der Waals surface area contributed by atoms with Gasteiger partial charge in [-0.3, -0.25) is 23.5 Å². The minimum absolute atomic E-state index is 0.0190. The molecule has 1 saturated heterocycles. The van der Waals surface area contributed by atoms with Crippen LogP contribution in [-0.4, -0.2) is 44.5 Å². The summed E-state index contributed by atoms with van der Waals surface area (Å²) >= 11 is 0. The maximum atomic E-state index is 13.7. The SMILES string of the molecule is CCC1CCCCN1C(=O)Cn1c(=O)n(CC2CCC(C(=O)NC3CCCC3)CC2)c(=O)c2ccccc21. The van der Waals surface area contributed by atoms with E-state index in [2.05, 4.69) is 12.2 Å². The number of hydrogen-bond donors (Lipinski definition) is 1. The topological polar surface area (TPSA) is 93.4 Å². The van der Waals surface area contributed by atoms with E-state index >= 15 is 0 Å². The van der Waals surface area contributed by atoms with Gasteiger partial charge in [-0.05, 0) is 82.3 Å². The van der Waals surface area contributed by atoms with Crippen LogP contribution in [0.15, 0.2) is 33.9 Å². The molecule has 2 saturated carbocycles. The van der Waals surface area contributed by atoms with Crippen molar-refractivity contribution in [3.8, 4) is 0 Å². The van der Waals surface area contributed by atoms with Gasteiger partial charge >= 0.3 is 5.69 Å². The number of benzene rings is 1. The zero-order chi connectivity index (χ0) is 26.6. The number of hydrogen-bond acceptors (Lipinski definition) is 4. The van der Waals surface area contributed by atoms with E-state index in [0.717, 1.165) is 70.8 Å². The number of rotatable bonds is 7. The van der Waals surface area contributed by atoms with Gasteiger partial charge in [0, 0.05) is 31.1 Å². The van der Waals surface area contributed by atoms with E-state index < -0.39 is 5.69 Å². The van der Waals surface area contributed by atoms with E-state index in [0.29, 0.717) is 23.5 Å². The van der Waals surface area contributed by atoms with Crippen molar-refractivity contribution in [2.45, 2.75) is 109 Å². The fourth-order valence-electron chi connectivity index (χ4n) is 6.92. The molecule has 0 radical (unpaired) electrons. The molecular formula is C30H42N4O4. The van der Waals surface area contributed by atoms with E-state index in [1.165, 1.54) is 22.0 Å². The zero-order valence-corrected chi connectivity index (χ0v) is 22.7. The van der Waals surface area contributed by atoms with Crippen LogP contribution in [0.1, 0.15) is 84.0 Å². The molecule has 0 bridgehead atoms. The molecule has 1 aromatic carbocycles. The first-order chi connectivity index (χ1) is 18.5. The third-order valence-electron chi connectivity index (χ3n) is 9.20. The van der Waals surface area contributed by atoms with Crippen molar-refractivity contribution < 1.29 is 9.59 Å². The number of para-hydroxylation sites is 1. The number of nitrogens with one attached hydrogen (secondary N) is 1. The molecule has 2 heterocycles. The Kier molecular flexibility index (Phi) is 8.34. The van der Waals surface area contributed by atoms with E-state index in [1.807, 2.05) is 4.90 Å². The molecule has 1 unspecified atom stereocenters. The molecule has 3 fully saturated rings. The number of amides is 2. The second kappa shape index (κ2) is 11.9. The number of likely N-dealkylation sites (tertiary alicyclic amines) is 1. The maximum Gasteiger partial charge on any atom is 0.331 e. The van der Waals surface area contributed by atoms with Crippen LogP contribution in [-0.2, 0) is 22.7 Å². The third kappa shape index (κ3) is 5.59. The highest BCUT2D eigenvalue weighted by Gasteiger charge is 2.30. The van der Waals surface area contributed by atoms with Crippen molar-refractivity contribution in [1.29, 1.82) is 0 Å². The van der Waals surface area contributed by atoms with Gasteiger partial charge in [0.05, 0.1) is 10.9 Å². The third-order valence-corrected chi connectivity index (χ3v) is 9.20. The van der Waals surface area contributed by atoms with Crippen LogP contribution in [0.5, 0.6) is 0 Å². The molecule has 206 valence electrons. The lowest BCUT2D eigenvalue weighted by Crippen LogP contribution is -2.48. The summed E-state index contributed by atoms with van der Waals surface area (Å²) in [4.78, 5) is 55.2. The minimum Gasteiger partial charge on any atom is -0.353 e. The second-order valence-corrected chi connectivity index (χ2v) is 11.7. The van der Waals surface area contributed by atoms with Crippen LogP contribution in [0.4, 0.5) is 0 Å². The first kappa shape index (κ1) is 26.7. The normalized spacial score (nSPS) is 24.6. The summed E-state index contributed by atoms with van der Waals surface area (Å²) in [6.45, 7) is 3.10. The molecule has 3 aliphatic rings. The molecule has 1 N–H and O–H groups in total. The van der Waals surface area contributed by atoms with Crippen molar-refractivity contribution in [2.75, 3.05) is 6.54 Å². The Morgan fingerprint density at radius 1 is 0.895 bits per heavy atom. The number of piperidine rings is 1. The zero-order valence-electron chi connectivity index (χ0n) is 22.7. The standard InChI is InChI=1S/C30H42N4O4/c1-2-24-11-7-8-18-32(24)27(35)20-33-26-13-6-5-12-25(26)29(37)34(30(33)38)19-21-14-16-22(17-15-21)28(36)31-23-9-3-4-10-23/h5-6,12-13,21-24H,2-4,7-11,14-20H2,1H3,(H,31,36). The summed E-state index contributed by atoms with van der Waals surface area (Å²) in [6, 6.07) is 7.66. The monoisotopic (exact) mass is 522 g/mol. The van der Waals surface area contributed by atoms with Crippen molar-refractivity contribution in [3.05, 3.63) is 45.1 Å². The number of nitrogens with zero attached hydrogens (tertiary/aromatic N) is 3. The average Bonchev–Trinajstić information content (AvgIpc) is 3.46. The lowest BCUT2D eigenvalue weighted by atomic mass is 9.81. The summed E-state index contributed by atoms with van der Waals surface area (Å²) in [5, 5.41) is 3.70. The molecule has 8 heteroatoms. The molecule has 8 nitrogen and oxygen atoms in total. The van der Waals surface area contributed by atoms with E-state index in [4.69, 9.17) is 0 Å². The molecular weight excluding hydrogens is 480 g/mol. The Morgan fingerprint density at radius 2 is 1.61 bits per heavy atom. The molecule has 1 atom stereocenters. The molecule has 1 aliphatic heterocycles. The highest BCUT2D eigenvalue weighted by atomic mass is 16.2. The Balaban J connectivity index is 1.33. The Bertz CT molecular complexity index is 1270. The number of aromatic nitrogens is 2. The molecule has 5 rings (SSSR count). The maximum absolute atomic E-state index is 13.7. The Hall–Kier alpha value is -2.90. The molecule has 2 aliphatic carbocycles. The van der Waals surface area contributed by atoms with Gasteiger partial charge in [0.2, 0.25) is 11.8 Å². The molecule has 2 aromatic rings. The Morgan fingerprint density at radius 3 is 2.34 bits per heavy atom. The van der Waals surface area contributed by atoms with Crippen molar-refractivity contribution >= 4 is 22.7 Å². The van der Waals surface area contributed by atoms with Gasteiger partial charge in [-0.1, -0.05) is 31.9 Å². The average molecular weight is 523 g/mol. The van der Waals surface area contributed by atoms with Crippen LogP contribution in [0.2, 0.25) is 0 Å². The van der Waals surface area contributed by atoms with Crippen LogP contribution < -0.4 is 16.6 Å². The summed E-state index contributed by atoms with van der Waals surface area (Å²) in [7, 11) is 0. The Labute approximate surface area is 224 Å². The van der Waals surface area contributed by atoms with Crippen molar-refractivity contribution in [3.63, 3.8) is 0 Å². The van der Waals surface area contributed by atoms with Crippen molar-refractivity contribution in [2.24, 2.45) is 11.8 Å².